The molecule has 1 aromatic carbocycles. The highest BCUT2D eigenvalue weighted by Gasteiger charge is 2.31. The molecule has 3 amide bonds. The van der Waals surface area contributed by atoms with Crippen molar-refractivity contribution in [1.29, 1.82) is 0 Å². The molecule has 5 N–H and O–H groups in total. The highest BCUT2D eigenvalue weighted by Crippen LogP contribution is 2.41. The van der Waals surface area contributed by atoms with Crippen LogP contribution in [0.2, 0.25) is 0 Å². The van der Waals surface area contributed by atoms with E-state index in [0.717, 1.165) is 23.5 Å². The average Bonchev–Trinajstić information content (AvgIpc) is 2.74. The first-order valence-electron chi connectivity index (χ1n) is 6.28. The van der Waals surface area contributed by atoms with Crippen LogP contribution >= 0.6 is 11.3 Å². The highest BCUT2D eigenvalue weighted by molar-refractivity contribution is 7.20. The fraction of sp³-hybridized carbons (Fsp3) is 0.143. The number of hydrogen-bond acceptors (Lipinski definition) is 3. The summed E-state index contributed by atoms with van der Waals surface area (Å²) in [5.74, 6) is -0.805. The van der Waals surface area contributed by atoms with E-state index in [4.69, 9.17) is 11.5 Å². The molecule has 0 unspecified atom stereocenters. The Hall–Kier alpha value is -2.55. The first-order valence-corrected chi connectivity index (χ1v) is 7.10. The molecular weight excluding hydrogens is 331 g/mol. The molecule has 0 aliphatic rings. The maximum absolute atomic E-state index is 12.8. The molecule has 23 heavy (non-hydrogen) atoms. The highest BCUT2D eigenvalue weighted by atomic mass is 32.1. The molecule has 0 saturated heterocycles. The van der Waals surface area contributed by atoms with Crippen LogP contribution in [0.4, 0.5) is 23.0 Å². The summed E-state index contributed by atoms with van der Waals surface area (Å²) in [7, 11) is 0. The Morgan fingerprint density at radius 3 is 2.39 bits per heavy atom. The third-order valence-corrected chi connectivity index (χ3v) is 4.34. The normalized spacial score (nSPS) is 11.3. The largest absolute Gasteiger partial charge is 0.416 e. The number of thiophene rings is 1. The van der Waals surface area contributed by atoms with Crippen molar-refractivity contribution in [2.45, 2.75) is 13.1 Å². The molecular formula is C14H12F3N3O2S. The predicted molar refractivity (Wildman–Crippen MR) is 81.2 cm³/mol. The summed E-state index contributed by atoms with van der Waals surface area (Å²) in [6.45, 7) is 1.54. The van der Waals surface area contributed by atoms with Crippen molar-refractivity contribution in [3.8, 4) is 10.4 Å². The Balaban J connectivity index is 2.60. The summed E-state index contributed by atoms with van der Waals surface area (Å²) in [6, 6.07) is 3.76. The summed E-state index contributed by atoms with van der Waals surface area (Å²) in [4.78, 5) is 23.0. The SMILES string of the molecule is Cc1c(-c2cccc(C(F)(F)F)c2)sc(NC(N)=O)c1C(N)=O. The van der Waals surface area contributed by atoms with Crippen LogP contribution in [0.25, 0.3) is 10.4 Å². The zero-order valence-electron chi connectivity index (χ0n) is 11.8. The minimum absolute atomic E-state index is 0.0289. The summed E-state index contributed by atoms with van der Waals surface area (Å²) in [5.41, 5.74) is 10.2. The van der Waals surface area contributed by atoms with Crippen LogP contribution in [0.3, 0.4) is 0 Å². The van der Waals surface area contributed by atoms with E-state index in [0.29, 0.717) is 10.4 Å². The third-order valence-electron chi connectivity index (χ3n) is 3.08. The number of rotatable bonds is 3. The van der Waals surface area contributed by atoms with E-state index in [1.165, 1.54) is 12.1 Å². The van der Waals surface area contributed by atoms with Gasteiger partial charge in [0.15, 0.2) is 0 Å². The van der Waals surface area contributed by atoms with E-state index in [2.05, 4.69) is 5.32 Å². The fourth-order valence-electron chi connectivity index (χ4n) is 2.12. The second kappa shape index (κ2) is 5.92. The van der Waals surface area contributed by atoms with Gasteiger partial charge in [0.1, 0.15) is 5.00 Å². The van der Waals surface area contributed by atoms with E-state index < -0.39 is 23.7 Å². The van der Waals surface area contributed by atoms with Gasteiger partial charge in [-0.1, -0.05) is 12.1 Å². The van der Waals surface area contributed by atoms with E-state index in [9.17, 15) is 22.8 Å². The molecule has 0 radical (unpaired) electrons. The topological polar surface area (TPSA) is 98.2 Å². The van der Waals surface area contributed by atoms with Gasteiger partial charge in [0.2, 0.25) is 0 Å². The molecule has 0 spiro atoms. The van der Waals surface area contributed by atoms with Gasteiger partial charge in [-0.2, -0.15) is 13.2 Å². The number of benzene rings is 1. The summed E-state index contributed by atoms with van der Waals surface area (Å²) in [5, 5.41) is 2.37. The van der Waals surface area contributed by atoms with Gasteiger partial charge in [-0.15, -0.1) is 11.3 Å². The molecule has 2 aromatic rings. The summed E-state index contributed by atoms with van der Waals surface area (Å²) < 4.78 is 38.5. The number of anilines is 1. The number of hydrogen-bond donors (Lipinski definition) is 3. The van der Waals surface area contributed by atoms with Gasteiger partial charge < -0.3 is 11.5 Å². The van der Waals surface area contributed by atoms with Gasteiger partial charge in [-0.05, 0) is 30.2 Å². The Bertz CT molecular complexity index is 784. The second-order valence-electron chi connectivity index (χ2n) is 4.69. The van der Waals surface area contributed by atoms with E-state index in [1.807, 2.05) is 0 Å². The van der Waals surface area contributed by atoms with E-state index in [-0.39, 0.29) is 16.1 Å². The zero-order valence-corrected chi connectivity index (χ0v) is 12.6. The standard InChI is InChI=1S/C14H12F3N3O2S/c1-6-9(11(18)21)12(20-13(19)22)23-10(6)7-3-2-4-8(5-7)14(15,16)17/h2-5H,1H3,(H2,18,21)(H3,19,20,22). The van der Waals surface area contributed by atoms with Crippen LogP contribution in [0.5, 0.6) is 0 Å². The molecule has 9 heteroatoms. The predicted octanol–water partition coefficient (Wildman–Crippen LogP) is 3.33. The molecule has 2 rings (SSSR count). The number of halogens is 3. The maximum atomic E-state index is 12.8. The smallest absolute Gasteiger partial charge is 0.365 e. The third kappa shape index (κ3) is 3.45. The quantitative estimate of drug-likeness (QED) is 0.796. The zero-order chi connectivity index (χ0) is 17.4. The number of primary amides is 2. The first-order chi connectivity index (χ1) is 10.6. The minimum atomic E-state index is -4.48. The van der Waals surface area contributed by atoms with Crippen molar-refractivity contribution in [3.05, 3.63) is 41.0 Å². The fourth-order valence-corrected chi connectivity index (χ4v) is 3.33. The van der Waals surface area contributed by atoms with Crippen LogP contribution in [0, 0.1) is 6.92 Å². The van der Waals surface area contributed by atoms with Crippen LogP contribution < -0.4 is 16.8 Å². The number of carbonyl (C=O) groups excluding carboxylic acids is 2. The molecule has 1 heterocycles. The molecule has 0 atom stereocenters. The van der Waals surface area contributed by atoms with Crippen molar-refractivity contribution < 1.29 is 22.8 Å². The lowest BCUT2D eigenvalue weighted by molar-refractivity contribution is -0.137. The number of carbonyl (C=O) groups is 2. The van der Waals surface area contributed by atoms with Gasteiger partial charge in [-0.3, -0.25) is 10.1 Å². The van der Waals surface area contributed by atoms with Gasteiger partial charge in [-0.25, -0.2) is 4.79 Å². The Labute approximate surface area is 133 Å². The molecule has 0 saturated carbocycles. The van der Waals surface area contributed by atoms with E-state index >= 15 is 0 Å². The lowest BCUT2D eigenvalue weighted by atomic mass is 10.0. The molecule has 0 aliphatic heterocycles. The Kier molecular flexibility index (Phi) is 4.33. The van der Waals surface area contributed by atoms with Crippen LogP contribution in [0.15, 0.2) is 24.3 Å². The van der Waals surface area contributed by atoms with Crippen LogP contribution in [-0.2, 0) is 6.18 Å². The molecule has 5 nitrogen and oxygen atoms in total. The average molecular weight is 343 g/mol. The molecule has 122 valence electrons. The summed E-state index contributed by atoms with van der Waals surface area (Å²) in [6.07, 6.45) is -4.48. The second-order valence-corrected chi connectivity index (χ2v) is 5.71. The molecule has 1 aromatic heterocycles. The lowest BCUT2D eigenvalue weighted by Crippen LogP contribution is -2.21. The van der Waals surface area contributed by atoms with Gasteiger partial charge in [0.05, 0.1) is 11.1 Å². The van der Waals surface area contributed by atoms with Crippen molar-refractivity contribution in [1.82, 2.24) is 0 Å². The first kappa shape index (κ1) is 16.8. The number of nitrogens with one attached hydrogen (secondary N) is 1. The van der Waals surface area contributed by atoms with Crippen molar-refractivity contribution in [2.75, 3.05) is 5.32 Å². The number of amides is 3. The van der Waals surface area contributed by atoms with Crippen molar-refractivity contribution in [3.63, 3.8) is 0 Å². The lowest BCUT2D eigenvalue weighted by Gasteiger charge is -2.08. The molecule has 0 aliphatic carbocycles. The molecule has 0 fully saturated rings. The minimum Gasteiger partial charge on any atom is -0.365 e. The van der Waals surface area contributed by atoms with E-state index in [1.54, 1.807) is 6.92 Å². The van der Waals surface area contributed by atoms with Crippen LogP contribution in [-0.4, -0.2) is 11.9 Å². The van der Waals surface area contributed by atoms with Crippen molar-refractivity contribution in [2.24, 2.45) is 11.5 Å². The maximum Gasteiger partial charge on any atom is 0.416 e. The monoisotopic (exact) mass is 343 g/mol. The Morgan fingerprint density at radius 2 is 1.87 bits per heavy atom. The van der Waals surface area contributed by atoms with Gasteiger partial charge >= 0.3 is 12.2 Å². The Morgan fingerprint density at radius 1 is 1.22 bits per heavy atom. The molecule has 0 bridgehead atoms. The van der Waals surface area contributed by atoms with Crippen molar-refractivity contribution >= 4 is 28.3 Å². The number of nitrogens with two attached hydrogens (primary N) is 2. The van der Waals surface area contributed by atoms with Gasteiger partial charge in [0.25, 0.3) is 5.91 Å². The number of alkyl halides is 3. The van der Waals surface area contributed by atoms with Crippen LogP contribution in [0.1, 0.15) is 21.5 Å². The number of urea groups is 1. The van der Waals surface area contributed by atoms with Gasteiger partial charge in [0, 0.05) is 4.88 Å². The summed E-state index contributed by atoms with van der Waals surface area (Å²) >= 11 is 0.935.